The maximum Gasteiger partial charge on any atom is 0.424 e. The molecule has 1 fully saturated rings. The summed E-state index contributed by atoms with van der Waals surface area (Å²) in [6.45, 7) is -0.319. The van der Waals surface area contributed by atoms with Gasteiger partial charge in [0, 0.05) is 16.7 Å². The third kappa shape index (κ3) is 5.54. The lowest BCUT2D eigenvalue weighted by atomic mass is 9.81. The number of halogens is 5. The number of ether oxygens (including phenoxy) is 3. The van der Waals surface area contributed by atoms with Crippen LogP contribution in [-0.4, -0.2) is 54.4 Å². The summed E-state index contributed by atoms with van der Waals surface area (Å²) in [5.41, 5.74) is -1.06. The molecule has 0 radical (unpaired) electrons. The van der Waals surface area contributed by atoms with E-state index in [0.29, 0.717) is 5.75 Å². The van der Waals surface area contributed by atoms with Gasteiger partial charge in [0.05, 0.1) is 30.5 Å². The molecule has 5 rings (SSSR count). The molecule has 1 aromatic heterocycles. The molecular formula is C29H26ClF4N3O6. The fourth-order valence-electron chi connectivity index (χ4n) is 4.56. The average Bonchev–Trinajstić information content (AvgIpc) is 3.72. The van der Waals surface area contributed by atoms with Crippen LogP contribution in [0.5, 0.6) is 17.2 Å². The Labute approximate surface area is 247 Å². The number of hydrogen-bond donors (Lipinski definition) is 3. The molecule has 1 aliphatic carbocycles. The largest absolute Gasteiger partial charge is 0.493 e. The van der Waals surface area contributed by atoms with Gasteiger partial charge in [0.25, 0.3) is 5.91 Å². The summed E-state index contributed by atoms with van der Waals surface area (Å²) in [6.07, 6.45) is -3.59. The Morgan fingerprint density at radius 2 is 1.91 bits per heavy atom. The molecule has 0 saturated heterocycles. The number of nitrogens with one attached hydrogen (secondary N) is 1. The first kappa shape index (κ1) is 30.4. The summed E-state index contributed by atoms with van der Waals surface area (Å²) in [5.74, 6) is -2.14. The van der Waals surface area contributed by atoms with E-state index < -0.39 is 47.1 Å². The maximum atomic E-state index is 14.6. The van der Waals surface area contributed by atoms with Gasteiger partial charge < -0.3 is 30.4 Å². The standard InChI is InChI=1S/C29H26ClF4N3O6/c1-27(26(35)39)13-42-24-17(27)11-22(37-23(24)14-3-7-19(31)18(30)9-14)28(40,29(32,33)34)12-36-25(38)15-4-8-20(21(10-15)41-2)43-16-5-6-16/h3-4,7-11,16,40H,5-6,12-13H2,1-2H3,(H2,35,39)(H,36,38)/t27-,28?/m0/s1. The number of aromatic nitrogens is 1. The number of alkyl halides is 3. The molecule has 2 heterocycles. The van der Waals surface area contributed by atoms with E-state index in [1.54, 1.807) is 0 Å². The smallest absolute Gasteiger partial charge is 0.424 e. The molecule has 2 aliphatic rings. The van der Waals surface area contributed by atoms with Gasteiger partial charge in [0.1, 0.15) is 29.3 Å². The number of rotatable bonds is 9. The van der Waals surface area contributed by atoms with Gasteiger partial charge in [-0.25, -0.2) is 9.37 Å². The molecule has 9 nitrogen and oxygen atoms in total. The maximum absolute atomic E-state index is 14.6. The molecule has 1 aliphatic heterocycles. The van der Waals surface area contributed by atoms with Gasteiger partial charge in [0.2, 0.25) is 11.5 Å². The zero-order valence-electron chi connectivity index (χ0n) is 22.9. The summed E-state index contributed by atoms with van der Waals surface area (Å²) >= 11 is 5.91. The number of methoxy groups -OCH3 is 1. The van der Waals surface area contributed by atoms with Crippen molar-refractivity contribution in [2.45, 2.75) is 43.1 Å². The van der Waals surface area contributed by atoms with Crippen LogP contribution in [0, 0.1) is 5.82 Å². The van der Waals surface area contributed by atoms with E-state index in [4.69, 9.17) is 31.5 Å². The van der Waals surface area contributed by atoms with Crippen molar-refractivity contribution < 1.29 is 46.5 Å². The Kier molecular flexibility index (Phi) is 7.68. The molecule has 1 unspecified atom stereocenters. The first-order valence-corrected chi connectivity index (χ1v) is 13.4. The average molecular weight is 624 g/mol. The number of amides is 2. The molecule has 2 amide bonds. The van der Waals surface area contributed by atoms with Crippen LogP contribution >= 0.6 is 11.6 Å². The predicted octanol–water partition coefficient (Wildman–Crippen LogP) is 4.41. The topological polar surface area (TPSA) is 133 Å². The fourth-order valence-corrected chi connectivity index (χ4v) is 4.74. The Bertz CT molecular complexity index is 1620. The highest BCUT2D eigenvalue weighted by Crippen LogP contribution is 2.48. The first-order valence-electron chi connectivity index (χ1n) is 13.0. The van der Waals surface area contributed by atoms with Gasteiger partial charge in [-0.1, -0.05) is 11.6 Å². The Hall–Kier alpha value is -4.10. The third-order valence-corrected chi connectivity index (χ3v) is 7.74. The van der Waals surface area contributed by atoms with E-state index in [0.717, 1.165) is 31.0 Å². The van der Waals surface area contributed by atoms with Crippen molar-refractivity contribution in [1.29, 1.82) is 0 Å². The number of benzene rings is 2. The molecule has 0 spiro atoms. The van der Waals surface area contributed by atoms with Gasteiger partial charge in [0.15, 0.2) is 11.5 Å². The van der Waals surface area contributed by atoms with Crippen LogP contribution in [0.2, 0.25) is 5.02 Å². The van der Waals surface area contributed by atoms with Gasteiger partial charge in [-0.05, 0) is 62.2 Å². The van der Waals surface area contributed by atoms with E-state index in [2.05, 4.69) is 10.3 Å². The molecule has 2 atom stereocenters. The summed E-state index contributed by atoms with van der Waals surface area (Å²) in [5, 5.41) is 13.0. The van der Waals surface area contributed by atoms with Crippen LogP contribution in [0.3, 0.4) is 0 Å². The summed E-state index contributed by atoms with van der Waals surface area (Å²) < 4.78 is 74.4. The molecule has 43 heavy (non-hydrogen) atoms. The first-order chi connectivity index (χ1) is 20.2. The van der Waals surface area contributed by atoms with E-state index in [-0.39, 0.29) is 51.6 Å². The lowest BCUT2D eigenvalue weighted by molar-refractivity contribution is -0.265. The van der Waals surface area contributed by atoms with Crippen molar-refractivity contribution in [3.05, 3.63) is 70.1 Å². The van der Waals surface area contributed by atoms with Crippen molar-refractivity contribution in [3.63, 3.8) is 0 Å². The van der Waals surface area contributed by atoms with Gasteiger partial charge in [-0.2, -0.15) is 13.2 Å². The second-order valence-corrected chi connectivity index (χ2v) is 11.0. The highest BCUT2D eigenvalue weighted by atomic mass is 35.5. The van der Waals surface area contributed by atoms with Crippen LogP contribution in [0.4, 0.5) is 17.6 Å². The van der Waals surface area contributed by atoms with Crippen LogP contribution in [0.1, 0.15) is 41.4 Å². The summed E-state index contributed by atoms with van der Waals surface area (Å²) in [6, 6.07) is 8.29. The van der Waals surface area contributed by atoms with E-state index in [9.17, 15) is 32.3 Å². The number of aliphatic hydroxyl groups is 1. The number of nitrogens with two attached hydrogens (primary N) is 1. The number of nitrogens with zero attached hydrogens (tertiary/aromatic N) is 1. The minimum Gasteiger partial charge on any atom is -0.493 e. The zero-order chi connectivity index (χ0) is 31.3. The van der Waals surface area contributed by atoms with Crippen molar-refractivity contribution in [2.24, 2.45) is 5.73 Å². The molecular weight excluding hydrogens is 598 g/mol. The summed E-state index contributed by atoms with van der Waals surface area (Å²) in [7, 11) is 1.36. The quantitative estimate of drug-likeness (QED) is 0.301. The molecule has 4 N–H and O–H groups in total. The lowest BCUT2D eigenvalue weighted by Gasteiger charge is -2.31. The third-order valence-electron chi connectivity index (χ3n) is 7.45. The molecule has 14 heteroatoms. The lowest BCUT2D eigenvalue weighted by Crippen LogP contribution is -2.51. The highest BCUT2D eigenvalue weighted by Gasteiger charge is 2.57. The van der Waals surface area contributed by atoms with Crippen molar-refractivity contribution in [1.82, 2.24) is 10.3 Å². The minimum atomic E-state index is -5.37. The second-order valence-electron chi connectivity index (χ2n) is 10.6. The van der Waals surface area contributed by atoms with Crippen LogP contribution in [-0.2, 0) is 15.8 Å². The van der Waals surface area contributed by atoms with Crippen LogP contribution < -0.4 is 25.3 Å². The predicted molar refractivity (Wildman–Crippen MR) is 146 cm³/mol. The fraction of sp³-hybridized carbons (Fsp3) is 0.345. The number of fused-ring (bicyclic) bond motifs is 1. The number of pyridine rings is 1. The van der Waals surface area contributed by atoms with E-state index in [1.165, 1.54) is 38.3 Å². The number of primary amides is 1. The highest BCUT2D eigenvalue weighted by molar-refractivity contribution is 6.31. The van der Waals surface area contributed by atoms with Crippen molar-refractivity contribution >= 4 is 23.4 Å². The van der Waals surface area contributed by atoms with Crippen molar-refractivity contribution in [3.8, 4) is 28.5 Å². The molecule has 3 aromatic rings. The minimum absolute atomic E-state index is 0.0350. The summed E-state index contributed by atoms with van der Waals surface area (Å²) in [4.78, 5) is 29.4. The Balaban J connectivity index is 1.55. The van der Waals surface area contributed by atoms with Crippen LogP contribution in [0.25, 0.3) is 11.3 Å². The molecule has 0 bridgehead atoms. The number of hydrogen-bond acceptors (Lipinski definition) is 7. The normalized spacial score (nSPS) is 19.2. The molecule has 228 valence electrons. The zero-order valence-corrected chi connectivity index (χ0v) is 23.6. The Morgan fingerprint density at radius 3 is 2.51 bits per heavy atom. The Morgan fingerprint density at radius 1 is 1.19 bits per heavy atom. The van der Waals surface area contributed by atoms with E-state index >= 15 is 0 Å². The SMILES string of the molecule is COc1cc(C(=O)NCC(O)(c2cc3c(c(-c4ccc(F)c(Cl)c4)n2)OC[C@]3(C)C(N)=O)C(F)(F)F)ccc1OC1CC1. The van der Waals surface area contributed by atoms with E-state index in [1.807, 2.05) is 0 Å². The number of carbonyl (C=O) groups excluding carboxylic acids is 2. The monoisotopic (exact) mass is 623 g/mol. The molecule has 1 saturated carbocycles. The van der Waals surface area contributed by atoms with Gasteiger partial charge in [-0.3, -0.25) is 9.59 Å². The van der Waals surface area contributed by atoms with Gasteiger partial charge in [-0.15, -0.1) is 0 Å². The number of carbonyl (C=O) groups is 2. The van der Waals surface area contributed by atoms with Crippen molar-refractivity contribution in [2.75, 3.05) is 20.3 Å². The second kappa shape index (κ2) is 10.9. The van der Waals surface area contributed by atoms with Crippen LogP contribution in [0.15, 0.2) is 42.5 Å². The van der Waals surface area contributed by atoms with Gasteiger partial charge >= 0.3 is 6.18 Å². The molecule has 2 aromatic carbocycles.